The Hall–Kier alpha value is -0.200. The molecule has 0 aromatic heterocycles. The zero-order chi connectivity index (χ0) is 15.4. The SMILES string of the molecule is CN(Cc1ccccc1Br)C(CN)c1ccc(Br)c(Br)c1. The predicted molar refractivity (Wildman–Crippen MR) is 99.2 cm³/mol. The van der Waals surface area contributed by atoms with Crippen molar-refractivity contribution in [2.75, 3.05) is 13.6 Å². The van der Waals surface area contributed by atoms with Crippen molar-refractivity contribution in [3.8, 4) is 0 Å². The molecule has 0 bridgehead atoms. The van der Waals surface area contributed by atoms with Gasteiger partial charge in [0.05, 0.1) is 0 Å². The third-order valence-electron chi connectivity index (χ3n) is 3.46. The molecular formula is C16H17Br3N2. The lowest BCUT2D eigenvalue weighted by atomic mass is 10.1. The number of nitrogens with two attached hydrogens (primary N) is 1. The monoisotopic (exact) mass is 474 g/mol. The normalized spacial score (nSPS) is 12.7. The Balaban J connectivity index is 2.20. The minimum atomic E-state index is 0.182. The first kappa shape index (κ1) is 17.2. The van der Waals surface area contributed by atoms with Gasteiger partial charge in [-0.15, -0.1) is 0 Å². The summed E-state index contributed by atoms with van der Waals surface area (Å²) in [7, 11) is 2.10. The summed E-state index contributed by atoms with van der Waals surface area (Å²) in [4.78, 5) is 2.27. The molecule has 0 aliphatic rings. The van der Waals surface area contributed by atoms with E-state index in [1.54, 1.807) is 0 Å². The van der Waals surface area contributed by atoms with Gasteiger partial charge >= 0.3 is 0 Å². The summed E-state index contributed by atoms with van der Waals surface area (Å²) in [5, 5.41) is 0. The number of nitrogens with zero attached hydrogens (tertiary/aromatic N) is 1. The zero-order valence-electron chi connectivity index (χ0n) is 11.7. The molecular weight excluding hydrogens is 460 g/mol. The van der Waals surface area contributed by atoms with Crippen LogP contribution in [0.4, 0.5) is 0 Å². The molecule has 112 valence electrons. The number of halogens is 3. The Kier molecular flexibility index (Phi) is 6.44. The van der Waals surface area contributed by atoms with Crippen molar-refractivity contribution in [1.82, 2.24) is 4.90 Å². The summed E-state index contributed by atoms with van der Waals surface area (Å²) in [5.41, 5.74) is 8.47. The smallest absolute Gasteiger partial charge is 0.0471 e. The molecule has 0 aliphatic heterocycles. The first-order valence-electron chi connectivity index (χ1n) is 6.61. The van der Waals surface area contributed by atoms with Gasteiger partial charge in [0, 0.05) is 32.5 Å². The van der Waals surface area contributed by atoms with E-state index in [2.05, 4.69) is 90.1 Å². The van der Waals surface area contributed by atoms with Crippen LogP contribution in [0.2, 0.25) is 0 Å². The molecule has 0 amide bonds. The molecule has 0 aliphatic carbocycles. The molecule has 2 aromatic carbocycles. The average molecular weight is 477 g/mol. The van der Waals surface area contributed by atoms with E-state index in [0.717, 1.165) is 20.0 Å². The van der Waals surface area contributed by atoms with Crippen molar-refractivity contribution < 1.29 is 0 Å². The summed E-state index contributed by atoms with van der Waals surface area (Å²) < 4.78 is 3.23. The van der Waals surface area contributed by atoms with E-state index in [4.69, 9.17) is 5.73 Å². The molecule has 1 atom stereocenters. The Morgan fingerprint density at radius 1 is 1.00 bits per heavy atom. The van der Waals surface area contributed by atoms with Crippen LogP contribution in [0.25, 0.3) is 0 Å². The van der Waals surface area contributed by atoms with Crippen molar-refractivity contribution in [3.63, 3.8) is 0 Å². The second-order valence-corrected chi connectivity index (χ2v) is 7.49. The van der Waals surface area contributed by atoms with Crippen LogP contribution in [-0.4, -0.2) is 18.5 Å². The van der Waals surface area contributed by atoms with Crippen molar-refractivity contribution in [2.24, 2.45) is 5.73 Å². The van der Waals surface area contributed by atoms with Crippen LogP contribution in [0, 0.1) is 0 Å². The van der Waals surface area contributed by atoms with E-state index < -0.39 is 0 Å². The summed E-state index contributed by atoms with van der Waals surface area (Å²) in [6, 6.07) is 14.8. The first-order chi connectivity index (χ1) is 10.0. The van der Waals surface area contributed by atoms with Crippen molar-refractivity contribution in [3.05, 3.63) is 67.0 Å². The Bertz CT molecular complexity index is 616. The highest BCUT2D eigenvalue weighted by atomic mass is 79.9. The molecule has 5 heteroatoms. The van der Waals surface area contributed by atoms with Gasteiger partial charge in [-0.3, -0.25) is 4.90 Å². The average Bonchev–Trinajstić information content (AvgIpc) is 2.46. The van der Waals surface area contributed by atoms with Crippen molar-refractivity contribution >= 4 is 47.8 Å². The number of rotatable bonds is 5. The van der Waals surface area contributed by atoms with Crippen LogP contribution in [0.3, 0.4) is 0 Å². The molecule has 0 saturated carbocycles. The highest BCUT2D eigenvalue weighted by molar-refractivity contribution is 9.13. The number of likely N-dealkylation sites (N-methyl/N-ethyl adjacent to an activating group) is 1. The van der Waals surface area contributed by atoms with E-state index in [1.165, 1.54) is 11.1 Å². The van der Waals surface area contributed by atoms with Gasteiger partial charge in [-0.2, -0.15) is 0 Å². The van der Waals surface area contributed by atoms with Gasteiger partial charge < -0.3 is 5.73 Å². The first-order valence-corrected chi connectivity index (χ1v) is 8.99. The fraction of sp³-hybridized carbons (Fsp3) is 0.250. The maximum atomic E-state index is 6.01. The number of hydrogen-bond donors (Lipinski definition) is 1. The lowest BCUT2D eigenvalue weighted by Crippen LogP contribution is -2.30. The molecule has 2 aromatic rings. The molecule has 2 N–H and O–H groups in total. The standard InChI is InChI=1S/C16H17Br3N2/c1-21(10-12-4-2-3-5-13(12)17)16(9-20)11-6-7-14(18)15(19)8-11/h2-8,16H,9-10,20H2,1H3. The molecule has 1 unspecified atom stereocenters. The second-order valence-electron chi connectivity index (χ2n) is 4.93. The Morgan fingerprint density at radius 2 is 1.71 bits per heavy atom. The zero-order valence-corrected chi connectivity index (χ0v) is 16.4. The predicted octanol–water partition coefficient (Wildman–Crippen LogP) is 5.11. The third kappa shape index (κ3) is 4.39. The van der Waals surface area contributed by atoms with Crippen LogP contribution >= 0.6 is 47.8 Å². The number of hydrogen-bond acceptors (Lipinski definition) is 2. The van der Waals surface area contributed by atoms with Gasteiger partial charge in [0.1, 0.15) is 0 Å². The summed E-state index contributed by atoms with van der Waals surface area (Å²) in [5.74, 6) is 0. The molecule has 0 radical (unpaired) electrons. The topological polar surface area (TPSA) is 29.3 Å². The molecule has 0 heterocycles. The number of benzene rings is 2. The van der Waals surface area contributed by atoms with Gasteiger partial charge in [-0.1, -0.05) is 40.2 Å². The van der Waals surface area contributed by atoms with Crippen LogP contribution in [0.5, 0.6) is 0 Å². The van der Waals surface area contributed by atoms with Crippen LogP contribution in [-0.2, 0) is 6.54 Å². The van der Waals surface area contributed by atoms with Gasteiger partial charge in [0.2, 0.25) is 0 Å². The fourth-order valence-electron chi connectivity index (χ4n) is 2.30. The van der Waals surface area contributed by atoms with Crippen molar-refractivity contribution in [2.45, 2.75) is 12.6 Å². The quantitative estimate of drug-likeness (QED) is 0.650. The third-order valence-corrected chi connectivity index (χ3v) is 6.11. The van der Waals surface area contributed by atoms with E-state index in [0.29, 0.717) is 6.54 Å². The maximum Gasteiger partial charge on any atom is 0.0471 e. The second kappa shape index (κ2) is 7.88. The molecule has 21 heavy (non-hydrogen) atoms. The minimum absolute atomic E-state index is 0.182. The maximum absolute atomic E-state index is 6.01. The molecule has 0 saturated heterocycles. The highest BCUT2D eigenvalue weighted by Crippen LogP contribution is 2.29. The van der Waals surface area contributed by atoms with Gasteiger partial charge in [0.15, 0.2) is 0 Å². The minimum Gasteiger partial charge on any atom is -0.329 e. The molecule has 0 spiro atoms. The summed E-state index contributed by atoms with van der Waals surface area (Å²) >= 11 is 10.7. The van der Waals surface area contributed by atoms with E-state index in [1.807, 2.05) is 12.1 Å². The lowest BCUT2D eigenvalue weighted by Gasteiger charge is -2.28. The van der Waals surface area contributed by atoms with E-state index in [-0.39, 0.29) is 6.04 Å². The fourth-order valence-corrected chi connectivity index (χ4v) is 3.35. The molecule has 2 rings (SSSR count). The summed E-state index contributed by atoms with van der Waals surface area (Å²) in [6.07, 6.45) is 0. The van der Waals surface area contributed by atoms with Crippen LogP contribution < -0.4 is 5.73 Å². The van der Waals surface area contributed by atoms with Crippen molar-refractivity contribution in [1.29, 1.82) is 0 Å². The van der Waals surface area contributed by atoms with E-state index >= 15 is 0 Å². The summed E-state index contributed by atoms with van der Waals surface area (Å²) in [6.45, 7) is 1.42. The molecule has 0 fully saturated rings. The van der Waals surface area contributed by atoms with Gasteiger partial charge in [0.25, 0.3) is 0 Å². The molecule has 2 nitrogen and oxygen atoms in total. The largest absolute Gasteiger partial charge is 0.329 e. The van der Waals surface area contributed by atoms with Crippen LogP contribution in [0.15, 0.2) is 55.9 Å². The van der Waals surface area contributed by atoms with Gasteiger partial charge in [-0.05, 0) is 68.2 Å². The van der Waals surface area contributed by atoms with E-state index in [9.17, 15) is 0 Å². The highest BCUT2D eigenvalue weighted by Gasteiger charge is 2.17. The lowest BCUT2D eigenvalue weighted by molar-refractivity contribution is 0.241. The van der Waals surface area contributed by atoms with Gasteiger partial charge in [-0.25, -0.2) is 0 Å². The van der Waals surface area contributed by atoms with Crippen LogP contribution in [0.1, 0.15) is 17.2 Å². The Morgan fingerprint density at radius 3 is 2.33 bits per heavy atom. The Labute approximate surface area is 151 Å².